The standard InChI is InChI=1S/C9H10N2.ClH/c1-6-7(2)11-9-5-10-4-3-8(6)9;/h3-5,11H,1-2H3;1H. The lowest BCUT2D eigenvalue weighted by Crippen LogP contribution is -1.71. The molecule has 2 rings (SSSR count). The second-order valence-electron chi connectivity index (χ2n) is 2.80. The van der Waals surface area contributed by atoms with Gasteiger partial charge in [-0.1, -0.05) is 0 Å². The Labute approximate surface area is 77.4 Å². The van der Waals surface area contributed by atoms with Crippen molar-refractivity contribution in [3.8, 4) is 0 Å². The lowest BCUT2D eigenvalue weighted by Gasteiger charge is -1.87. The maximum atomic E-state index is 4.04. The minimum atomic E-state index is 0. The Kier molecular flexibility index (Phi) is 2.38. The zero-order valence-corrected chi connectivity index (χ0v) is 7.90. The average Bonchev–Trinajstić information content (AvgIpc) is 2.30. The van der Waals surface area contributed by atoms with Gasteiger partial charge in [-0.3, -0.25) is 4.98 Å². The molecule has 0 bridgehead atoms. The van der Waals surface area contributed by atoms with Crippen molar-refractivity contribution in [3.05, 3.63) is 29.7 Å². The van der Waals surface area contributed by atoms with E-state index in [4.69, 9.17) is 0 Å². The molecule has 0 amide bonds. The fourth-order valence-corrected chi connectivity index (χ4v) is 1.32. The Bertz CT molecular complexity index is 392. The van der Waals surface area contributed by atoms with Crippen LogP contribution in [0.5, 0.6) is 0 Å². The summed E-state index contributed by atoms with van der Waals surface area (Å²) in [5, 5.41) is 1.28. The number of aromatic nitrogens is 2. The number of halogens is 1. The van der Waals surface area contributed by atoms with Gasteiger partial charge in [-0.05, 0) is 25.5 Å². The molecule has 1 N–H and O–H groups in total. The average molecular weight is 183 g/mol. The van der Waals surface area contributed by atoms with Crippen LogP contribution in [0.3, 0.4) is 0 Å². The zero-order valence-electron chi connectivity index (χ0n) is 7.09. The minimum absolute atomic E-state index is 0. The van der Waals surface area contributed by atoms with Gasteiger partial charge in [0.2, 0.25) is 0 Å². The molecule has 0 unspecified atom stereocenters. The first-order chi connectivity index (χ1) is 5.29. The number of nitrogens with zero attached hydrogens (tertiary/aromatic N) is 1. The molecule has 0 saturated carbocycles. The van der Waals surface area contributed by atoms with Crippen LogP contribution >= 0.6 is 12.4 Å². The van der Waals surface area contributed by atoms with Gasteiger partial charge < -0.3 is 4.98 Å². The highest BCUT2D eigenvalue weighted by Crippen LogP contribution is 2.18. The number of aryl methyl sites for hydroxylation is 2. The first-order valence-electron chi connectivity index (χ1n) is 3.68. The highest BCUT2D eigenvalue weighted by atomic mass is 35.5. The summed E-state index contributed by atoms with van der Waals surface area (Å²) in [6.07, 6.45) is 3.68. The highest BCUT2D eigenvalue weighted by Gasteiger charge is 2.01. The van der Waals surface area contributed by atoms with Crippen molar-refractivity contribution in [2.75, 3.05) is 0 Å². The van der Waals surface area contributed by atoms with E-state index in [1.54, 1.807) is 0 Å². The van der Waals surface area contributed by atoms with Crippen LogP contribution < -0.4 is 0 Å². The fraction of sp³-hybridized carbons (Fsp3) is 0.222. The van der Waals surface area contributed by atoms with Gasteiger partial charge in [-0.2, -0.15) is 0 Å². The number of pyridine rings is 1. The van der Waals surface area contributed by atoms with Crippen LogP contribution in [0.1, 0.15) is 11.3 Å². The molecule has 2 heterocycles. The smallest absolute Gasteiger partial charge is 0.0645 e. The van der Waals surface area contributed by atoms with Crippen LogP contribution in [-0.2, 0) is 0 Å². The Hall–Kier alpha value is -1.02. The van der Waals surface area contributed by atoms with Crippen LogP contribution in [0, 0.1) is 13.8 Å². The molecule has 0 aliphatic carbocycles. The summed E-state index contributed by atoms with van der Waals surface area (Å²) in [5.74, 6) is 0. The molecule has 2 nitrogen and oxygen atoms in total. The summed E-state index contributed by atoms with van der Waals surface area (Å²) >= 11 is 0. The van der Waals surface area contributed by atoms with Crippen molar-refractivity contribution in [3.63, 3.8) is 0 Å². The third-order valence-corrected chi connectivity index (χ3v) is 2.11. The van der Waals surface area contributed by atoms with Crippen molar-refractivity contribution in [1.29, 1.82) is 0 Å². The van der Waals surface area contributed by atoms with E-state index in [-0.39, 0.29) is 12.4 Å². The van der Waals surface area contributed by atoms with Gasteiger partial charge in [-0.15, -0.1) is 12.4 Å². The van der Waals surface area contributed by atoms with E-state index < -0.39 is 0 Å². The van der Waals surface area contributed by atoms with E-state index in [1.807, 2.05) is 18.5 Å². The van der Waals surface area contributed by atoms with Crippen LogP contribution in [0.15, 0.2) is 18.5 Å². The number of rotatable bonds is 0. The Balaban J connectivity index is 0.000000720. The minimum Gasteiger partial charge on any atom is -0.357 e. The van der Waals surface area contributed by atoms with Crippen LogP contribution in [0.2, 0.25) is 0 Å². The van der Waals surface area contributed by atoms with Gasteiger partial charge in [0.1, 0.15) is 0 Å². The fourth-order valence-electron chi connectivity index (χ4n) is 1.32. The van der Waals surface area contributed by atoms with Gasteiger partial charge in [-0.25, -0.2) is 0 Å². The molecule has 3 heteroatoms. The molecule has 0 saturated heterocycles. The number of H-pyrrole nitrogens is 1. The summed E-state index contributed by atoms with van der Waals surface area (Å²) in [7, 11) is 0. The molecule has 0 fully saturated rings. The van der Waals surface area contributed by atoms with Crippen LogP contribution in [0.25, 0.3) is 10.9 Å². The topological polar surface area (TPSA) is 28.7 Å². The molecule has 64 valence electrons. The maximum absolute atomic E-state index is 4.04. The van der Waals surface area contributed by atoms with Crippen molar-refractivity contribution in [1.82, 2.24) is 9.97 Å². The Morgan fingerprint density at radius 2 is 2.08 bits per heavy atom. The molecular weight excluding hydrogens is 172 g/mol. The molecule has 0 aliphatic heterocycles. The first-order valence-corrected chi connectivity index (χ1v) is 3.68. The Morgan fingerprint density at radius 3 is 2.75 bits per heavy atom. The van der Waals surface area contributed by atoms with Crippen LogP contribution in [0.4, 0.5) is 0 Å². The lowest BCUT2D eigenvalue weighted by molar-refractivity contribution is 1.25. The van der Waals surface area contributed by atoms with E-state index >= 15 is 0 Å². The van der Waals surface area contributed by atoms with Crippen molar-refractivity contribution in [2.45, 2.75) is 13.8 Å². The van der Waals surface area contributed by atoms with E-state index in [2.05, 4.69) is 23.8 Å². The van der Waals surface area contributed by atoms with Gasteiger partial charge in [0.15, 0.2) is 0 Å². The zero-order chi connectivity index (χ0) is 7.84. The first kappa shape index (κ1) is 9.07. The van der Waals surface area contributed by atoms with Gasteiger partial charge in [0, 0.05) is 17.3 Å². The summed E-state index contributed by atoms with van der Waals surface area (Å²) < 4.78 is 0. The molecule has 0 atom stereocenters. The number of aromatic amines is 1. The van der Waals surface area contributed by atoms with E-state index in [0.717, 1.165) is 5.52 Å². The summed E-state index contributed by atoms with van der Waals surface area (Å²) in [6, 6.07) is 2.04. The largest absolute Gasteiger partial charge is 0.357 e. The van der Waals surface area contributed by atoms with E-state index in [9.17, 15) is 0 Å². The highest BCUT2D eigenvalue weighted by molar-refractivity contribution is 5.85. The summed E-state index contributed by atoms with van der Waals surface area (Å²) in [5.41, 5.74) is 3.68. The molecular formula is C9H11ClN2. The molecule has 0 aliphatic rings. The van der Waals surface area contributed by atoms with Crippen molar-refractivity contribution in [2.24, 2.45) is 0 Å². The molecule has 2 aromatic rings. The summed E-state index contributed by atoms with van der Waals surface area (Å²) in [4.78, 5) is 7.30. The van der Waals surface area contributed by atoms with Crippen LogP contribution in [-0.4, -0.2) is 9.97 Å². The lowest BCUT2D eigenvalue weighted by atomic mass is 10.2. The van der Waals surface area contributed by atoms with E-state index in [1.165, 1.54) is 16.6 Å². The van der Waals surface area contributed by atoms with Gasteiger partial charge in [0.25, 0.3) is 0 Å². The predicted molar refractivity (Wildman–Crippen MR) is 52.8 cm³/mol. The number of hydrogen-bond donors (Lipinski definition) is 1. The quantitative estimate of drug-likeness (QED) is 0.667. The SMILES string of the molecule is Cc1[nH]c2cnccc2c1C.Cl. The Morgan fingerprint density at radius 1 is 1.33 bits per heavy atom. The molecule has 0 radical (unpaired) electrons. The van der Waals surface area contributed by atoms with E-state index in [0.29, 0.717) is 0 Å². The second-order valence-corrected chi connectivity index (χ2v) is 2.80. The number of fused-ring (bicyclic) bond motifs is 1. The molecule has 2 aromatic heterocycles. The molecule has 0 aromatic carbocycles. The second kappa shape index (κ2) is 3.15. The predicted octanol–water partition coefficient (Wildman–Crippen LogP) is 2.60. The maximum Gasteiger partial charge on any atom is 0.0645 e. The third kappa shape index (κ3) is 1.18. The molecule has 12 heavy (non-hydrogen) atoms. The van der Waals surface area contributed by atoms with Crippen molar-refractivity contribution >= 4 is 23.3 Å². The third-order valence-electron chi connectivity index (χ3n) is 2.11. The van der Waals surface area contributed by atoms with Gasteiger partial charge in [0.05, 0.1) is 11.7 Å². The number of nitrogens with one attached hydrogen (secondary N) is 1. The molecule has 0 spiro atoms. The number of hydrogen-bond acceptors (Lipinski definition) is 1. The normalized spacial score (nSPS) is 9.83. The van der Waals surface area contributed by atoms with Gasteiger partial charge >= 0.3 is 0 Å². The van der Waals surface area contributed by atoms with Crippen molar-refractivity contribution < 1.29 is 0 Å². The monoisotopic (exact) mass is 182 g/mol. The summed E-state index contributed by atoms with van der Waals surface area (Å²) in [6.45, 7) is 4.20.